The highest BCUT2D eigenvalue weighted by atomic mass is 16.5. The smallest absolute Gasteiger partial charge is 0.318 e. The number of carbonyl (C=O) groups excluding carboxylic acids is 1. The molecule has 1 aromatic carbocycles. The molecule has 2 aliphatic rings. The number of aryl methyl sites for hydroxylation is 2. The van der Waals surface area contributed by atoms with Crippen molar-refractivity contribution < 1.29 is 9.53 Å². The van der Waals surface area contributed by atoms with Crippen LogP contribution in [0.25, 0.3) is 0 Å². The molecule has 0 bridgehead atoms. The second-order valence-corrected chi connectivity index (χ2v) is 7.25. The Morgan fingerprint density at radius 3 is 2.75 bits per heavy atom. The first kappa shape index (κ1) is 18.6. The van der Waals surface area contributed by atoms with Crippen LogP contribution in [0.3, 0.4) is 0 Å². The molecule has 0 radical (unpaired) electrons. The van der Waals surface area contributed by atoms with E-state index in [2.05, 4.69) is 33.3 Å². The second kappa shape index (κ2) is 8.08. The molecule has 2 aliphatic heterocycles. The normalized spacial score (nSPS) is 19.3. The maximum absolute atomic E-state index is 12.8. The number of methoxy groups -OCH3 is 1. The number of anilines is 1. The van der Waals surface area contributed by atoms with E-state index in [4.69, 9.17) is 4.74 Å². The highest BCUT2D eigenvalue weighted by Crippen LogP contribution is 2.28. The van der Waals surface area contributed by atoms with Crippen molar-refractivity contribution in [3.63, 3.8) is 0 Å². The standard InChI is InChI=1S/C20H28N6O2/c1-3-18-22-19-15(7-6-10-26(19)23-18)21-20(27)25-13-11-24(12-14-25)16-8-4-5-9-17(16)28-2/h4-5,8-9,15H,3,6-7,10-14H2,1-2H3,(H,21,27). The Labute approximate surface area is 165 Å². The molecule has 1 N–H and O–H groups in total. The fourth-order valence-electron chi connectivity index (χ4n) is 3.97. The topological polar surface area (TPSA) is 75.5 Å². The molecule has 8 nitrogen and oxygen atoms in total. The monoisotopic (exact) mass is 384 g/mol. The highest BCUT2D eigenvalue weighted by Gasteiger charge is 2.29. The third kappa shape index (κ3) is 3.63. The first-order valence-corrected chi connectivity index (χ1v) is 10.1. The Hall–Kier alpha value is -2.77. The molecule has 1 atom stereocenters. The van der Waals surface area contributed by atoms with Crippen LogP contribution in [0.1, 0.15) is 37.5 Å². The van der Waals surface area contributed by atoms with E-state index in [1.54, 1.807) is 7.11 Å². The van der Waals surface area contributed by atoms with Crippen LogP contribution < -0.4 is 15.0 Å². The maximum atomic E-state index is 12.8. The van der Waals surface area contributed by atoms with Crippen molar-refractivity contribution in [2.75, 3.05) is 38.2 Å². The molecule has 3 heterocycles. The minimum atomic E-state index is -0.0544. The van der Waals surface area contributed by atoms with Gasteiger partial charge in [0, 0.05) is 39.1 Å². The van der Waals surface area contributed by atoms with Crippen LogP contribution in [0, 0.1) is 0 Å². The summed E-state index contributed by atoms with van der Waals surface area (Å²) in [5.74, 6) is 2.61. The number of carbonyl (C=O) groups is 1. The number of hydrogen-bond acceptors (Lipinski definition) is 5. The molecule has 8 heteroatoms. The molecular weight excluding hydrogens is 356 g/mol. The van der Waals surface area contributed by atoms with Gasteiger partial charge in [0.05, 0.1) is 18.8 Å². The lowest BCUT2D eigenvalue weighted by Crippen LogP contribution is -2.52. The Balaban J connectivity index is 1.37. The average molecular weight is 384 g/mol. The van der Waals surface area contributed by atoms with Gasteiger partial charge >= 0.3 is 6.03 Å². The Morgan fingerprint density at radius 2 is 2.00 bits per heavy atom. The van der Waals surface area contributed by atoms with Gasteiger partial charge in [0.25, 0.3) is 0 Å². The van der Waals surface area contributed by atoms with Crippen LogP contribution in [0.5, 0.6) is 5.75 Å². The number of fused-ring (bicyclic) bond motifs is 1. The number of hydrogen-bond donors (Lipinski definition) is 1. The molecule has 2 aromatic rings. The number of urea groups is 1. The molecule has 1 unspecified atom stereocenters. The number of rotatable bonds is 4. The van der Waals surface area contributed by atoms with E-state index < -0.39 is 0 Å². The number of amides is 2. The predicted octanol–water partition coefficient (Wildman–Crippen LogP) is 2.22. The minimum Gasteiger partial charge on any atom is -0.495 e. The molecule has 1 saturated heterocycles. The first-order valence-electron chi connectivity index (χ1n) is 10.1. The fraction of sp³-hybridized carbons (Fsp3) is 0.550. The molecule has 1 aromatic heterocycles. The molecule has 150 valence electrons. The molecule has 0 saturated carbocycles. The van der Waals surface area contributed by atoms with Crippen LogP contribution in [0.2, 0.25) is 0 Å². The quantitative estimate of drug-likeness (QED) is 0.875. The van der Waals surface area contributed by atoms with Crippen molar-refractivity contribution in [3.05, 3.63) is 35.9 Å². The van der Waals surface area contributed by atoms with Gasteiger partial charge in [-0.15, -0.1) is 0 Å². The van der Waals surface area contributed by atoms with Gasteiger partial charge in [0.15, 0.2) is 5.82 Å². The number of para-hydroxylation sites is 2. The van der Waals surface area contributed by atoms with Gasteiger partial charge < -0.3 is 19.9 Å². The van der Waals surface area contributed by atoms with Crippen molar-refractivity contribution in [1.82, 2.24) is 25.0 Å². The lowest BCUT2D eigenvalue weighted by Gasteiger charge is -2.37. The van der Waals surface area contributed by atoms with Gasteiger partial charge in [0.1, 0.15) is 11.6 Å². The first-order chi connectivity index (χ1) is 13.7. The third-order valence-electron chi connectivity index (χ3n) is 5.53. The number of nitrogens with zero attached hydrogens (tertiary/aromatic N) is 5. The molecular formula is C20H28N6O2. The summed E-state index contributed by atoms with van der Waals surface area (Å²) in [4.78, 5) is 21.6. The Bertz CT molecular complexity index is 828. The van der Waals surface area contributed by atoms with E-state index in [-0.39, 0.29) is 12.1 Å². The SMILES string of the molecule is CCc1nc2n(n1)CCCC2NC(=O)N1CCN(c2ccccc2OC)CC1. The molecule has 0 aliphatic carbocycles. The predicted molar refractivity (Wildman–Crippen MR) is 107 cm³/mol. The lowest BCUT2D eigenvalue weighted by atomic mass is 10.1. The van der Waals surface area contributed by atoms with E-state index in [0.717, 1.165) is 62.0 Å². The van der Waals surface area contributed by atoms with Crippen LogP contribution >= 0.6 is 0 Å². The summed E-state index contributed by atoms with van der Waals surface area (Å²) in [5, 5.41) is 7.70. The van der Waals surface area contributed by atoms with Crippen molar-refractivity contribution in [2.45, 2.75) is 38.8 Å². The van der Waals surface area contributed by atoms with Gasteiger partial charge in [-0.3, -0.25) is 0 Å². The molecule has 1 fully saturated rings. The highest BCUT2D eigenvalue weighted by molar-refractivity contribution is 5.75. The van der Waals surface area contributed by atoms with Gasteiger partial charge in [-0.05, 0) is 25.0 Å². The maximum Gasteiger partial charge on any atom is 0.318 e. The number of benzene rings is 1. The van der Waals surface area contributed by atoms with E-state index >= 15 is 0 Å². The third-order valence-corrected chi connectivity index (χ3v) is 5.53. The summed E-state index contributed by atoms with van der Waals surface area (Å²) >= 11 is 0. The molecule has 2 amide bonds. The van der Waals surface area contributed by atoms with Crippen LogP contribution in [0.15, 0.2) is 24.3 Å². The van der Waals surface area contributed by atoms with Crippen LogP contribution in [-0.2, 0) is 13.0 Å². The van der Waals surface area contributed by atoms with Crippen molar-refractivity contribution in [1.29, 1.82) is 0 Å². The zero-order valence-electron chi connectivity index (χ0n) is 16.6. The van der Waals surface area contributed by atoms with Crippen LogP contribution in [-0.4, -0.2) is 59.0 Å². The van der Waals surface area contributed by atoms with Crippen molar-refractivity contribution >= 4 is 11.7 Å². The van der Waals surface area contributed by atoms with E-state index in [1.807, 2.05) is 27.8 Å². The molecule has 28 heavy (non-hydrogen) atoms. The van der Waals surface area contributed by atoms with E-state index in [1.165, 1.54) is 0 Å². The summed E-state index contributed by atoms with van der Waals surface area (Å²) in [5.41, 5.74) is 1.08. The average Bonchev–Trinajstić information content (AvgIpc) is 3.18. The van der Waals surface area contributed by atoms with Crippen LogP contribution in [0.4, 0.5) is 10.5 Å². The Kier molecular flexibility index (Phi) is 5.36. The van der Waals surface area contributed by atoms with Crippen molar-refractivity contribution in [2.24, 2.45) is 0 Å². The van der Waals surface area contributed by atoms with Gasteiger partial charge in [-0.2, -0.15) is 5.10 Å². The largest absolute Gasteiger partial charge is 0.495 e. The number of aromatic nitrogens is 3. The summed E-state index contributed by atoms with van der Waals surface area (Å²) < 4.78 is 7.42. The molecule has 4 rings (SSSR count). The van der Waals surface area contributed by atoms with E-state index in [9.17, 15) is 4.79 Å². The Morgan fingerprint density at radius 1 is 1.21 bits per heavy atom. The summed E-state index contributed by atoms with van der Waals surface area (Å²) in [6.07, 6.45) is 2.73. The lowest BCUT2D eigenvalue weighted by molar-refractivity contribution is 0.186. The number of piperazine rings is 1. The summed E-state index contributed by atoms with van der Waals surface area (Å²) in [7, 11) is 1.69. The van der Waals surface area contributed by atoms with Gasteiger partial charge in [0.2, 0.25) is 0 Å². The fourth-order valence-corrected chi connectivity index (χ4v) is 3.97. The van der Waals surface area contributed by atoms with E-state index in [0.29, 0.717) is 13.1 Å². The molecule has 0 spiro atoms. The summed E-state index contributed by atoms with van der Waals surface area (Å²) in [6, 6.07) is 7.95. The zero-order chi connectivity index (χ0) is 19.5. The number of ether oxygens (including phenoxy) is 1. The van der Waals surface area contributed by atoms with Gasteiger partial charge in [-0.25, -0.2) is 14.5 Å². The zero-order valence-corrected chi connectivity index (χ0v) is 16.6. The second-order valence-electron chi connectivity index (χ2n) is 7.25. The van der Waals surface area contributed by atoms with Gasteiger partial charge in [-0.1, -0.05) is 19.1 Å². The van der Waals surface area contributed by atoms with Crippen molar-refractivity contribution in [3.8, 4) is 5.75 Å². The summed E-state index contributed by atoms with van der Waals surface area (Å²) in [6.45, 7) is 5.87. The minimum absolute atomic E-state index is 0.0147. The number of nitrogens with one attached hydrogen (secondary N) is 1.